The van der Waals surface area contributed by atoms with E-state index in [1.165, 1.54) is 6.07 Å². The predicted molar refractivity (Wildman–Crippen MR) is 33.9 cm³/mol. The van der Waals surface area contributed by atoms with E-state index in [9.17, 15) is 4.79 Å². The highest BCUT2D eigenvalue weighted by atomic mass is 16.1. The topological polar surface area (TPSA) is 32.9 Å². The van der Waals surface area contributed by atoms with Gasteiger partial charge in [-0.3, -0.25) is 4.79 Å². The molecule has 0 atom stereocenters. The van der Waals surface area contributed by atoms with E-state index in [1.807, 2.05) is 6.92 Å². The Bertz CT molecular complexity index is 210. The van der Waals surface area contributed by atoms with Crippen LogP contribution in [0.25, 0.3) is 0 Å². The van der Waals surface area contributed by atoms with Crippen molar-refractivity contribution < 1.29 is 1.43 Å². The van der Waals surface area contributed by atoms with Gasteiger partial charge in [-0.1, -0.05) is 6.07 Å². The van der Waals surface area contributed by atoms with Crippen molar-refractivity contribution in [3.8, 4) is 0 Å². The van der Waals surface area contributed by atoms with Crippen LogP contribution >= 0.6 is 0 Å². The molecule has 0 saturated carbocycles. The van der Waals surface area contributed by atoms with Gasteiger partial charge in [-0.05, 0) is 12.5 Å². The van der Waals surface area contributed by atoms with E-state index in [-0.39, 0.29) is 6.99 Å². The number of pyridine rings is 1. The highest BCUT2D eigenvalue weighted by Gasteiger charge is 1.78. The minimum absolute atomic E-state index is 0. The number of hydrogen-bond acceptors (Lipinski definition) is 1. The molecule has 0 aliphatic carbocycles. The van der Waals surface area contributed by atoms with Crippen LogP contribution in [-0.2, 0) is 0 Å². The van der Waals surface area contributed by atoms with Crippen molar-refractivity contribution in [3.05, 3.63) is 34.2 Å². The summed E-state index contributed by atoms with van der Waals surface area (Å²) in [5, 5.41) is 0. The minimum atomic E-state index is -0.0457. The van der Waals surface area contributed by atoms with Gasteiger partial charge in [0.1, 0.15) is 0 Å². The maximum atomic E-state index is 10.4. The first kappa shape index (κ1) is 5.09. The van der Waals surface area contributed by atoms with Crippen LogP contribution in [0.5, 0.6) is 0 Å². The lowest BCUT2D eigenvalue weighted by Gasteiger charge is -1.83. The monoisotopic (exact) mass is 111 g/mol. The van der Waals surface area contributed by atoms with Gasteiger partial charge in [-0.25, -0.2) is 0 Å². The Morgan fingerprint density at radius 2 is 2.38 bits per heavy atom. The molecule has 1 aromatic heterocycles. The van der Waals surface area contributed by atoms with Gasteiger partial charge in [-0.2, -0.15) is 0 Å². The van der Waals surface area contributed by atoms with Crippen LogP contribution < -0.4 is 5.56 Å². The summed E-state index contributed by atoms with van der Waals surface area (Å²) in [6.45, 7) is 1.93. The molecule has 1 heterocycles. The van der Waals surface area contributed by atoms with Gasteiger partial charge in [-0.15, -0.1) is 0 Å². The van der Waals surface area contributed by atoms with Crippen LogP contribution in [0.3, 0.4) is 0 Å². The van der Waals surface area contributed by atoms with Gasteiger partial charge >= 0.3 is 0 Å². The SMILES string of the molecule is Cc1ccc(=O)[nH]c1.[HH]. The zero-order chi connectivity index (χ0) is 5.98. The van der Waals surface area contributed by atoms with Gasteiger partial charge in [0.25, 0.3) is 0 Å². The average Bonchev–Trinajstić information content (AvgIpc) is 1.77. The maximum absolute atomic E-state index is 10.4. The summed E-state index contributed by atoms with van der Waals surface area (Å²) in [7, 11) is 0. The second-order valence-electron chi connectivity index (χ2n) is 1.73. The van der Waals surface area contributed by atoms with E-state index in [0.29, 0.717) is 0 Å². The Balaban J connectivity index is 0.000000640. The fraction of sp³-hybridized carbons (Fsp3) is 0.167. The number of rotatable bonds is 0. The fourth-order valence-electron chi connectivity index (χ4n) is 0.488. The van der Waals surface area contributed by atoms with Crippen molar-refractivity contribution >= 4 is 0 Å². The number of H-pyrrole nitrogens is 1. The quantitative estimate of drug-likeness (QED) is 0.530. The van der Waals surface area contributed by atoms with Crippen molar-refractivity contribution in [2.24, 2.45) is 0 Å². The fourth-order valence-corrected chi connectivity index (χ4v) is 0.488. The molecule has 0 bridgehead atoms. The zero-order valence-electron chi connectivity index (χ0n) is 4.64. The molecule has 0 unspecified atom stereocenters. The molecule has 0 amide bonds. The second kappa shape index (κ2) is 1.82. The van der Waals surface area contributed by atoms with E-state index >= 15 is 0 Å². The summed E-state index contributed by atoms with van der Waals surface area (Å²) in [5.74, 6) is 0. The number of aryl methyl sites for hydroxylation is 1. The van der Waals surface area contributed by atoms with Crippen molar-refractivity contribution in [2.75, 3.05) is 0 Å². The molecule has 1 aromatic rings. The third kappa shape index (κ3) is 0.964. The molecule has 0 aliphatic heterocycles. The van der Waals surface area contributed by atoms with E-state index < -0.39 is 0 Å². The van der Waals surface area contributed by atoms with E-state index in [2.05, 4.69) is 4.98 Å². The first-order valence-corrected chi connectivity index (χ1v) is 2.44. The van der Waals surface area contributed by atoms with Gasteiger partial charge in [0.15, 0.2) is 0 Å². The van der Waals surface area contributed by atoms with Crippen LogP contribution in [0.4, 0.5) is 0 Å². The largest absolute Gasteiger partial charge is 0.329 e. The van der Waals surface area contributed by atoms with Crippen LogP contribution in [0.1, 0.15) is 6.99 Å². The standard InChI is InChI=1S/C6H7NO.H2/c1-5-2-3-6(8)7-4-5;/h2-4H,1H3,(H,7,8);1H. The molecule has 1 N–H and O–H groups in total. The summed E-state index contributed by atoms with van der Waals surface area (Å²) in [6, 6.07) is 3.29. The summed E-state index contributed by atoms with van der Waals surface area (Å²) < 4.78 is 0. The Morgan fingerprint density at radius 1 is 1.62 bits per heavy atom. The van der Waals surface area contributed by atoms with Crippen molar-refractivity contribution in [1.82, 2.24) is 4.98 Å². The summed E-state index contributed by atoms with van der Waals surface area (Å²) >= 11 is 0. The Kier molecular flexibility index (Phi) is 1.16. The zero-order valence-corrected chi connectivity index (χ0v) is 4.64. The third-order valence-corrected chi connectivity index (χ3v) is 0.940. The van der Waals surface area contributed by atoms with E-state index in [1.54, 1.807) is 12.3 Å². The molecule has 8 heavy (non-hydrogen) atoms. The predicted octanol–water partition coefficient (Wildman–Crippen LogP) is 0.929. The molecule has 0 saturated heterocycles. The molecule has 0 radical (unpaired) electrons. The number of hydrogen-bond donors (Lipinski definition) is 1. The van der Waals surface area contributed by atoms with E-state index in [0.717, 1.165) is 5.56 Å². The lowest BCUT2D eigenvalue weighted by atomic mass is 10.3. The van der Waals surface area contributed by atoms with Crippen LogP contribution in [0.2, 0.25) is 0 Å². The first-order valence-electron chi connectivity index (χ1n) is 2.44. The van der Waals surface area contributed by atoms with Crippen molar-refractivity contribution in [2.45, 2.75) is 6.92 Å². The van der Waals surface area contributed by atoms with Gasteiger partial charge in [0.05, 0.1) is 0 Å². The Hall–Kier alpha value is -1.05. The second-order valence-corrected chi connectivity index (χ2v) is 1.73. The minimum Gasteiger partial charge on any atom is -0.329 e. The maximum Gasteiger partial charge on any atom is 0.247 e. The molecule has 2 nitrogen and oxygen atoms in total. The average molecular weight is 111 g/mol. The molecule has 2 heteroatoms. The highest BCUT2D eigenvalue weighted by molar-refractivity contribution is 5.04. The molecular formula is C6H9NO. The normalized spacial score (nSPS) is 9.12. The Morgan fingerprint density at radius 3 is 2.75 bits per heavy atom. The van der Waals surface area contributed by atoms with Crippen molar-refractivity contribution in [1.29, 1.82) is 0 Å². The van der Waals surface area contributed by atoms with Crippen LogP contribution in [-0.4, -0.2) is 4.98 Å². The molecule has 0 fully saturated rings. The van der Waals surface area contributed by atoms with E-state index in [4.69, 9.17) is 0 Å². The van der Waals surface area contributed by atoms with Gasteiger partial charge < -0.3 is 4.98 Å². The lowest BCUT2D eigenvalue weighted by molar-refractivity contribution is 1.20. The molecule has 0 spiro atoms. The molecule has 0 aromatic carbocycles. The van der Waals surface area contributed by atoms with Gasteiger partial charge in [0.2, 0.25) is 5.56 Å². The molecule has 1 rings (SSSR count). The Labute approximate surface area is 48.7 Å². The number of aromatic nitrogens is 1. The van der Waals surface area contributed by atoms with Crippen LogP contribution in [0.15, 0.2) is 23.1 Å². The molecule has 44 valence electrons. The summed E-state index contributed by atoms with van der Waals surface area (Å²) in [4.78, 5) is 12.9. The molecular weight excluding hydrogens is 102 g/mol. The summed E-state index contributed by atoms with van der Waals surface area (Å²) in [6.07, 6.45) is 1.68. The lowest BCUT2D eigenvalue weighted by Crippen LogP contribution is -2.00. The first-order chi connectivity index (χ1) is 3.79. The molecule has 0 aliphatic rings. The van der Waals surface area contributed by atoms with Gasteiger partial charge in [0, 0.05) is 13.7 Å². The van der Waals surface area contributed by atoms with Crippen molar-refractivity contribution in [3.63, 3.8) is 0 Å². The summed E-state index contributed by atoms with van der Waals surface area (Å²) in [5.41, 5.74) is 1.03. The number of nitrogens with one attached hydrogen (secondary N) is 1. The third-order valence-electron chi connectivity index (χ3n) is 0.940. The number of aromatic amines is 1. The smallest absolute Gasteiger partial charge is 0.247 e. The highest BCUT2D eigenvalue weighted by Crippen LogP contribution is 1.84. The van der Waals surface area contributed by atoms with Crippen LogP contribution in [0, 0.1) is 6.92 Å².